The molecule has 1 aliphatic heterocycles. The average Bonchev–Trinajstić information content (AvgIpc) is 2.62. The summed E-state index contributed by atoms with van der Waals surface area (Å²) in [5.74, 6) is 0.999. The van der Waals surface area contributed by atoms with Crippen molar-refractivity contribution >= 4 is 17.7 Å². The van der Waals surface area contributed by atoms with Crippen LogP contribution in [0.4, 0.5) is 5.82 Å². The van der Waals surface area contributed by atoms with Crippen molar-refractivity contribution in [3.8, 4) is 5.75 Å². The van der Waals surface area contributed by atoms with E-state index < -0.39 is 0 Å². The molecule has 1 saturated heterocycles. The normalized spacial score (nSPS) is 14.4. The van der Waals surface area contributed by atoms with Crippen LogP contribution in [0, 0.1) is 0 Å². The topological polar surface area (TPSA) is 62.7 Å². The average molecular weight is 325 g/mol. The molecule has 1 aliphatic rings. The van der Waals surface area contributed by atoms with E-state index in [1.165, 1.54) is 6.92 Å². The molecule has 1 amide bonds. The van der Waals surface area contributed by atoms with Crippen LogP contribution >= 0.6 is 0 Å². The monoisotopic (exact) mass is 325 g/mol. The van der Waals surface area contributed by atoms with Gasteiger partial charge < -0.3 is 14.5 Å². The van der Waals surface area contributed by atoms with Gasteiger partial charge in [-0.25, -0.2) is 4.98 Å². The molecule has 6 nitrogen and oxygen atoms in total. The molecule has 0 spiro atoms. The van der Waals surface area contributed by atoms with Crippen LogP contribution in [-0.4, -0.2) is 47.9 Å². The van der Waals surface area contributed by atoms with Gasteiger partial charge in [0.2, 0.25) is 0 Å². The van der Waals surface area contributed by atoms with Crippen molar-refractivity contribution in [2.45, 2.75) is 6.92 Å². The zero-order valence-electron chi connectivity index (χ0n) is 13.5. The second-order valence-corrected chi connectivity index (χ2v) is 5.59. The summed E-state index contributed by atoms with van der Waals surface area (Å²) in [5, 5.41) is 0. The SMILES string of the molecule is CC(=O)Oc1ccc(C(=O)N2CCN(c3ccccn3)CC2)cc1. The molecule has 2 heterocycles. The van der Waals surface area contributed by atoms with E-state index in [9.17, 15) is 9.59 Å². The van der Waals surface area contributed by atoms with Crippen LogP contribution in [-0.2, 0) is 4.79 Å². The molecule has 0 N–H and O–H groups in total. The minimum Gasteiger partial charge on any atom is -0.427 e. The van der Waals surface area contributed by atoms with Gasteiger partial charge in [-0.15, -0.1) is 0 Å². The Morgan fingerprint density at radius 1 is 1.00 bits per heavy atom. The molecule has 0 radical (unpaired) electrons. The fraction of sp³-hybridized carbons (Fsp3) is 0.278. The number of pyridine rings is 1. The molecule has 0 aliphatic carbocycles. The van der Waals surface area contributed by atoms with Crippen molar-refractivity contribution in [2.75, 3.05) is 31.1 Å². The van der Waals surface area contributed by atoms with E-state index in [0.717, 1.165) is 18.9 Å². The smallest absolute Gasteiger partial charge is 0.308 e. The second kappa shape index (κ2) is 7.12. The van der Waals surface area contributed by atoms with Crippen LogP contribution in [0.2, 0.25) is 0 Å². The lowest BCUT2D eigenvalue weighted by Gasteiger charge is -2.35. The number of rotatable bonds is 3. The number of benzene rings is 1. The van der Waals surface area contributed by atoms with Crippen molar-refractivity contribution < 1.29 is 14.3 Å². The fourth-order valence-corrected chi connectivity index (χ4v) is 2.69. The van der Waals surface area contributed by atoms with Crippen LogP contribution in [0.15, 0.2) is 48.7 Å². The molecule has 2 aromatic rings. The number of amides is 1. The highest BCUT2D eigenvalue weighted by Gasteiger charge is 2.22. The molecule has 1 aromatic carbocycles. The summed E-state index contributed by atoms with van der Waals surface area (Å²) in [6.07, 6.45) is 1.78. The lowest BCUT2D eigenvalue weighted by molar-refractivity contribution is -0.131. The number of nitrogens with zero attached hydrogens (tertiary/aromatic N) is 3. The summed E-state index contributed by atoms with van der Waals surface area (Å²) >= 11 is 0. The van der Waals surface area contributed by atoms with Gasteiger partial charge in [-0.2, -0.15) is 0 Å². The Labute approximate surface area is 140 Å². The molecule has 1 aromatic heterocycles. The summed E-state index contributed by atoms with van der Waals surface area (Å²) in [6.45, 7) is 4.17. The third-order valence-electron chi connectivity index (χ3n) is 3.90. The first kappa shape index (κ1) is 16.0. The first-order chi connectivity index (χ1) is 11.6. The summed E-state index contributed by atoms with van der Waals surface area (Å²) in [6, 6.07) is 12.5. The molecule has 0 saturated carbocycles. The number of anilines is 1. The maximum absolute atomic E-state index is 12.6. The zero-order chi connectivity index (χ0) is 16.9. The highest BCUT2D eigenvalue weighted by molar-refractivity contribution is 5.94. The van der Waals surface area contributed by atoms with Crippen molar-refractivity contribution in [3.63, 3.8) is 0 Å². The number of esters is 1. The fourth-order valence-electron chi connectivity index (χ4n) is 2.69. The van der Waals surface area contributed by atoms with Crippen LogP contribution in [0.3, 0.4) is 0 Å². The minimum absolute atomic E-state index is 0.00922. The van der Waals surface area contributed by atoms with E-state index in [-0.39, 0.29) is 11.9 Å². The number of ether oxygens (including phenoxy) is 1. The van der Waals surface area contributed by atoms with E-state index in [2.05, 4.69) is 9.88 Å². The van der Waals surface area contributed by atoms with Gasteiger partial charge in [-0.3, -0.25) is 9.59 Å². The lowest BCUT2D eigenvalue weighted by Crippen LogP contribution is -2.49. The van der Waals surface area contributed by atoms with E-state index in [0.29, 0.717) is 24.4 Å². The number of hydrogen-bond acceptors (Lipinski definition) is 5. The minimum atomic E-state index is -0.375. The van der Waals surface area contributed by atoms with E-state index in [1.807, 2.05) is 23.1 Å². The van der Waals surface area contributed by atoms with Gasteiger partial charge in [-0.1, -0.05) is 6.07 Å². The highest BCUT2D eigenvalue weighted by Crippen LogP contribution is 2.17. The maximum atomic E-state index is 12.6. The highest BCUT2D eigenvalue weighted by atomic mass is 16.5. The van der Waals surface area contributed by atoms with E-state index in [4.69, 9.17) is 4.74 Å². The Hall–Kier alpha value is -2.89. The molecular weight excluding hydrogens is 306 g/mol. The van der Waals surface area contributed by atoms with Crippen molar-refractivity contribution in [3.05, 3.63) is 54.2 Å². The van der Waals surface area contributed by atoms with Gasteiger partial charge in [0.1, 0.15) is 11.6 Å². The molecule has 1 fully saturated rings. The zero-order valence-corrected chi connectivity index (χ0v) is 13.5. The Balaban J connectivity index is 1.60. The van der Waals surface area contributed by atoms with Gasteiger partial charge in [-0.05, 0) is 36.4 Å². The summed E-state index contributed by atoms with van der Waals surface area (Å²) in [7, 11) is 0. The molecule has 124 valence electrons. The predicted octanol–water partition coefficient (Wildman–Crippen LogP) is 1.97. The maximum Gasteiger partial charge on any atom is 0.308 e. The predicted molar refractivity (Wildman–Crippen MR) is 90.1 cm³/mol. The van der Waals surface area contributed by atoms with Crippen LogP contribution < -0.4 is 9.64 Å². The second-order valence-electron chi connectivity index (χ2n) is 5.59. The van der Waals surface area contributed by atoms with E-state index in [1.54, 1.807) is 30.5 Å². The van der Waals surface area contributed by atoms with Crippen molar-refractivity contribution in [1.29, 1.82) is 0 Å². The molecule has 3 rings (SSSR count). The standard InChI is InChI=1S/C18H19N3O3/c1-14(22)24-16-7-5-15(6-8-16)18(23)21-12-10-20(11-13-21)17-4-2-3-9-19-17/h2-9H,10-13H2,1H3. The molecule has 0 bridgehead atoms. The van der Waals surface area contributed by atoms with E-state index >= 15 is 0 Å². The molecule has 6 heteroatoms. The molecule has 0 unspecified atom stereocenters. The number of hydrogen-bond donors (Lipinski definition) is 0. The van der Waals surface area contributed by atoms with Crippen LogP contribution in [0.5, 0.6) is 5.75 Å². The third kappa shape index (κ3) is 3.71. The van der Waals surface area contributed by atoms with Crippen LogP contribution in [0.1, 0.15) is 17.3 Å². The first-order valence-electron chi connectivity index (χ1n) is 7.87. The largest absolute Gasteiger partial charge is 0.427 e. The number of piperazine rings is 1. The Morgan fingerprint density at radius 3 is 2.29 bits per heavy atom. The number of aromatic nitrogens is 1. The Bertz CT molecular complexity index is 708. The summed E-state index contributed by atoms with van der Waals surface area (Å²) < 4.78 is 4.98. The van der Waals surface area contributed by atoms with Gasteiger partial charge >= 0.3 is 5.97 Å². The van der Waals surface area contributed by atoms with Gasteiger partial charge in [0.25, 0.3) is 5.91 Å². The number of carbonyl (C=O) groups excluding carboxylic acids is 2. The first-order valence-corrected chi connectivity index (χ1v) is 7.87. The molecule has 24 heavy (non-hydrogen) atoms. The van der Waals surface area contributed by atoms with Gasteiger partial charge in [0.15, 0.2) is 0 Å². The van der Waals surface area contributed by atoms with Gasteiger partial charge in [0.05, 0.1) is 0 Å². The van der Waals surface area contributed by atoms with Crippen molar-refractivity contribution in [2.24, 2.45) is 0 Å². The Morgan fingerprint density at radius 2 is 1.71 bits per heavy atom. The van der Waals surface area contributed by atoms with Crippen LogP contribution in [0.25, 0.3) is 0 Å². The summed E-state index contributed by atoms with van der Waals surface area (Å²) in [5.41, 5.74) is 0.595. The quantitative estimate of drug-likeness (QED) is 0.638. The summed E-state index contributed by atoms with van der Waals surface area (Å²) in [4.78, 5) is 31.8. The Kier molecular flexibility index (Phi) is 4.74. The lowest BCUT2D eigenvalue weighted by atomic mass is 10.1. The third-order valence-corrected chi connectivity index (χ3v) is 3.90. The molecule has 0 atom stereocenters. The van der Waals surface area contributed by atoms with Crippen molar-refractivity contribution in [1.82, 2.24) is 9.88 Å². The van der Waals surface area contributed by atoms with Gasteiger partial charge in [0, 0.05) is 44.9 Å². The number of carbonyl (C=O) groups is 2. The molecular formula is C18H19N3O3.